The van der Waals surface area contributed by atoms with E-state index in [1.54, 1.807) is 6.92 Å². The number of alkyl halides is 2. The molecular formula is C25H27ClF4N4O4S. The van der Waals surface area contributed by atoms with Gasteiger partial charge in [0.1, 0.15) is 11.6 Å². The van der Waals surface area contributed by atoms with Crippen LogP contribution in [0.15, 0.2) is 40.8 Å². The van der Waals surface area contributed by atoms with Gasteiger partial charge in [-0.15, -0.1) is 12.4 Å². The Kier molecular flexibility index (Phi) is 10.1. The van der Waals surface area contributed by atoms with E-state index in [2.05, 4.69) is 27.7 Å². The smallest absolute Gasteiger partial charge is 0.387 e. The number of hydrogen-bond donors (Lipinski definition) is 4. The van der Waals surface area contributed by atoms with E-state index < -0.39 is 41.6 Å². The van der Waals surface area contributed by atoms with Gasteiger partial charge in [-0.2, -0.15) is 21.4 Å². The van der Waals surface area contributed by atoms with Crippen LogP contribution in [0.25, 0.3) is 11.5 Å². The Bertz CT molecular complexity index is 1310. The second kappa shape index (κ2) is 12.9. The summed E-state index contributed by atoms with van der Waals surface area (Å²) >= 11 is 4.13. The lowest BCUT2D eigenvalue weighted by molar-refractivity contribution is -0.0515. The molecule has 1 saturated carbocycles. The number of nitrogens with one attached hydrogen (secondary N) is 1. The number of halogens is 5. The zero-order valence-electron chi connectivity index (χ0n) is 20.6. The predicted molar refractivity (Wildman–Crippen MR) is 140 cm³/mol. The van der Waals surface area contributed by atoms with Crippen LogP contribution in [-0.4, -0.2) is 29.5 Å². The maximum Gasteiger partial charge on any atom is 0.387 e. The normalized spacial score (nSPS) is 15.3. The molecule has 0 bridgehead atoms. The van der Waals surface area contributed by atoms with Crippen LogP contribution in [0.3, 0.4) is 0 Å². The van der Waals surface area contributed by atoms with Gasteiger partial charge in [-0.1, -0.05) is 6.07 Å². The predicted octanol–water partition coefficient (Wildman–Crippen LogP) is 5.14. The Labute approximate surface area is 233 Å². The molecule has 1 aliphatic rings. The zero-order chi connectivity index (χ0) is 27.6. The number of thiol groups is 1. The van der Waals surface area contributed by atoms with Crippen molar-refractivity contribution in [1.82, 2.24) is 10.3 Å². The summed E-state index contributed by atoms with van der Waals surface area (Å²) in [4.78, 5) is 17.5. The Balaban J connectivity index is 0.00000420. The average Bonchev–Trinajstić information content (AvgIpc) is 3.56. The lowest BCUT2D eigenvalue weighted by Crippen LogP contribution is -2.39. The molecule has 1 aromatic heterocycles. The van der Waals surface area contributed by atoms with Gasteiger partial charge in [-0.25, -0.2) is 13.8 Å². The van der Waals surface area contributed by atoms with Crippen LogP contribution in [0.2, 0.25) is 0 Å². The molecule has 3 atom stereocenters. The first-order valence-electron chi connectivity index (χ1n) is 11.7. The Morgan fingerprint density at radius 2 is 1.90 bits per heavy atom. The van der Waals surface area contributed by atoms with Crippen molar-refractivity contribution in [2.45, 2.75) is 43.8 Å². The highest BCUT2D eigenvalue weighted by atomic mass is 35.5. The molecule has 5 N–H and O–H groups in total. The molecule has 0 aliphatic heterocycles. The minimum absolute atomic E-state index is 0. The van der Waals surface area contributed by atoms with Crippen molar-refractivity contribution < 1.29 is 36.2 Å². The monoisotopic (exact) mass is 590 g/mol. The van der Waals surface area contributed by atoms with Gasteiger partial charge < -0.3 is 30.7 Å². The van der Waals surface area contributed by atoms with Gasteiger partial charge in [0, 0.05) is 17.2 Å². The minimum Gasteiger partial charge on any atom is -0.489 e. The van der Waals surface area contributed by atoms with Gasteiger partial charge in [0.2, 0.25) is 5.89 Å². The summed E-state index contributed by atoms with van der Waals surface area (Å²) in [6.45, 7) is -1.16. The molecule has 2 unspecified atom stereocenters. The SMILES string of the molecule is C[C@H](N)c1oc(-c2ccc(OC(F)F)c(OCC3CC3)c2)nc1C(=O)NC(c1ccc(F)cc1F)C(N)S.Cl. The molecule has 8 nitrogen and oxygen atoms in total. The average molecular weight is 591 g/mol. The van der Waals surface area contributed by atoms with Gasteiger partial charge in [0.25, 0.3) is 5.91 Å². The largest absolute Gasteiger partial charge is 0.489 e. The van der Waals surface area contributed by atoms with Gasteiger partial charge >= 0.3 is 6.61 Å². The number of rotatable bonds is 11. The fourth-order valence-corrected chi connectivity index (χ4v) is 3.91. The van der Waals surface area contributed by atoms with Gasteiger partial charge in [0.15, 0.2) is 23.0 Å². The number of ether oxygens (including phenoxy) is 2. The van der Waals surface area contributed by atoms with Crippen molar-refractivity contribution in [3.05, 3.63) is 65.1 Å². The number of nitrogens with two attached hydrogens (primary N) is 2. The maximum atomic E-state index is 14.4. The second-order valence-electron chi connectivity index (χ2n) is 8.92. The maximum absolute atomic E-state index is 14.4. The van der Waals surface area contributed by atoms with E-state index in [4.69, 9.17) is 20.6 Å². The van der Waals surface area contributed by atoms with Crippen molar-refractivity contribution in [2.75, 3.05) is 6.61 Å². The third-order valence-electron chi connectivity index (χ3n) is 5.79. The van der Waals surface area contributed by atoms with E-state index in [0.29, 0.717) is 24.2 Å². The molecule has 39 heavy (non-hydrogen) atoms. The van der Waals surface area contributed by atoms with E-state index in [1.165, 1.54) is 18.2 Å². The van der Waals surface area contributed by atoms with Crippen LogP contribution in [0.5, 0.6) is 11.5 Å². The summed E-state index contributed by atoms with van der Waals surface area (Å²) in [7, 11) is 0. The number of oxazole rings is 1. The highest BCUT2D eigenvalue weighted by Crippen LogP contribution is 2.37. The topological polar surface area (TPSA) is 126 Å². The molecule has 0 spiro atoms. The second-order valence-corrected chi connectivity index (χ2v) is 9.52. The lowest BCUT2D eigenvalue weighted by atomic mass is 10.1. The molecular weight excluding hydrogens is 564 g/mol. The molecule has 3 aromatic rings. The molecule has 4 rings (SSSR count). The summed E-state index contributed by atoms with van der Waals surface area (Å²) in [6.07, 6.45) is 1.97. The Morgan fingerprint density at radius 3 is 2.49 bits per heavy atom. The zero-order valence-corrected chi connectivity index (χ0v) is 22.3. The molecule has 1 fully saturated rings. The van der Waals surface area contributed by atoms with Crippen LogP contribution in [0, 0.1) is 17.6 Å². The Hall–Kier alpha value is -3.00. The fourth-order valence-electron chi connectivity index (χ4n) is 3.68. The molecule has 1 amide bonds. The minimum atomic E-state index is -3.05. The van der Waals surface area contributed by atoms with Crippen LogP contribution >= 0.6 is 25.0 Å². The number of carbonyl (C=O) groups excluding carboxylic acids is 1. The van der Waals surface area contributed by atoms with E-state index in [9.17, 15) is 22.4 Å². The van der Waals surface area contributed by atoms with E-state index in [1.807, 2.05) is 0 Å². The summed E-state index contributed by atoms with van der Waals surface area (Å²) < 4.78 is 69.5. The van der Waals surface area contributed by atoms with Crippen molar-refractivity contribution in [2.24, 2.45) is 17.4 Å². The molecule has 0 radical (unpaired) electrons. The number of aromatic nitrogens is 1. The van der Waals surface area contributed by atoms with Crippen molar-refractivity contribution >= 4 is 30.9 Å². The van der Waals surface area contributed by atoms with Gasteiger partial charge in [-0.3, -0.25) is 4.79 Å². The summed E-state index contributed by atoms with van der Waals surface area (Å²) in [6, 6.07) is 5.02. The first kappa shape index (κ1) is 30.5. The number of amides is 1. The highest BCUT2D eigenvalue weighted by molar-refractivity contribution is 7.80. The quantitative estimate of drug-likeness (QED) is 0.138. The third kappa shape index (κ3) is 7.56. The van der Waals surface area contributed by atoms with Crippen molar-refractivity contribution in [3.8, 4) is 23.0 Å². The molecule has 14 heteroatoms. The van der Waals surface area contributed by atoms with Gasteiger partial charge in [-0.05, 0) is 49.9 Å². The van der Waals surface area contributed by atoms with E-state index >= 15 is 0 Å². The van der Waals surface area contributed by atoms with Crippen LogP contribution in [0.1, 0.15) is 53.7 Å². The van der Waals surface area contributed by atoms with E-state index in [-0.39, 0.29) is 46.8 Å². The van der Waals surface area contributed by atoms with Crippen molar-refractivity contribution in [1.29, 1.82) is 0 Å². The number of nitrogens with zero attached hydrogens (tertiary/aromatic N) is 1. The van der Waals surface area contributed by atoms with Crippen LogP contribution < -0.4 is 26.3 Å². The molecule has 1 aliphatic carbocycles. The summed E-state index contributed by atoms with van der Waals surface area (Å²) in [5, 5.41) is 1.48. The van der Waals surface area contributed by atoms with Crippen LogP contribution in [-0.2, 0) is 0 Å². The lowest BCUT2D eigenvalue weighted by Gasteiger charge is -2.22. The van der Waals surface area contributed by atoms with Crippen molar-refractivity contribution in [3.63, 3.8) is 0 Å². The highest BCUT2D eigenvalue weighted by Gasteiger charge is 2.29. The molecule has 0 saturated heterocycles. The third-order valence-corrected chi connectivity index (χ3v) is 6.08. The number of carbonyl (C=O) groups is 1. The van der Waals surface area contributed by atoms with E-state index in [0.717, 1.165) is 25.0 Å². The number of hydrogen-bond acceptors (Lipinski definition) is 8. The van der Waals surface area contributed by atoms with Gasteiger partial charge in [0.05, 0.1) is 24.1 Å². The fraction of sp³-hybridized carbons (Fsp3) is 0.360. The molecule has 2 aromatic carbocycles. The summed E-state index contributed by atoms with van der Waals surface area (Å²) in [5.41, 5.74) is 11.9. The van der Waals surface area contributed by atoms with Crippen LogP contribution in [0.4, 0.5) is 17.6 Å². The molecule has 1 heterocycles. The standard InChI is InChI=1S/C25H26F4N4O4S.ClH/c1-11(30)21-20(23(34)32-19(22(31)38)15-6-5-14(26)9-16(15)27)33-24(37-21)13-4-7-17(36-25(28)29)18(8-13)35-10-12-2-3-12;/h4-9,11-12,19,22,25,38H,2-3,10,30-31H2,1H3,(H,32,34);1H/t11-,19?,22?;/m0./s1. The summed E-state index contributed by atoms with van der Waals surface area (Å²) in [5.74, 6) is -2.29. The number of benzene rings is 2. The molecule has 212 valence electrons. The Morgan fingerprint density at radius 1 is 1.18 bits per heavy atom. The first-order valence-corrected chi connectivity index (χ1v) is 12.2. The first-order chi connectivity index (χ1) is 18.0.